The standard InChI is InChI=1S/C25H29FO5/c1-24-9-8-17-16-7-5-15(27)11-14(16)4-6-18(17)19(24)12-22-25(24,21(28)13-26)31-23(30-22)20-3-2-10-29-20/h2-3,10-11,16-19,22-23H,4-9,12-13H2,1H3/t16-,17+,18+,19-,22+,23+,24-,25+/m0/s1. The minimum Gasteiger partial charge on any atom is -0.464 e. The number of furan rings is 1. The lowest BCUT2D eigenvalue weighted by Gasteiger charge is -2.55. The summed E-state index contributed by atoms with van der Waals surface area (Å²) in [7, 11) is 0. The maximum atomic E-state index is 13.9. The Hall–Kier alpha value is -1.79. The summed E-state index contributed by atoms with van der Waals surface area (Å²) in [5, 5.41) is 0. The fraction of sp³-hybridized carbons (Fsp3) is 0.680. The number of alkyl halides is 1. The van der Waals surface area contributed by atoms with Crippen molar-refractivity contribution < 1.29 is 27.9 Å². The quantitative estimate of drug-likeness (QED) is 0.697. The highest BCUT2D eigenvalue weighted by molar-refractivity contribution is 5.92. The lowest BCUT2D eigenvalue weighted by atomic mass is 9.50. The largest absolute Gasteiger partial charge is 0.464 e. The lowest BCUT2D eigenvalue weighted by Crippen LogP contribution is -2.59. The molecule has 4 aliphatic carbocycles. The van der Waals surface area contributed by atoms with Crippen LogP contribution in [0.2, 0.25) is 0 Å². The van der Waals surface area contributed by atoms with E-state index in [4.69, 9.17) is 13.9 Å². The van der Waals surface area contributed by atoms with Gasteiger partial charge in [0.15, 0.2) is 29.6 Å². The van der Waals surface area contributed by atoms with Crippen molar-refractivity contribution in [2.75, 3.05) is 6.67 Å². The summed E-state index contributed by atoms with van der Waals surface area (Å²) in [6, 6.07) is 3.53. The van der Waals surface area contributed by atoms with Gasteiger partial charge >= 0.3 is 0 Å². The fourth-order valence-electron chi connectivity index (χ4n) is 8.08. The number of Topliss-reactive ketones (excluding diaryl/α,β-unsaturated/α-hetero) is 1. The van der Waals surface area contributed by atoms with Crippen LogP contribution in [-0.2, 0) is 19.1 Å². The normalized spacial score (nSPS) is 46.0. The van der Waals surface area contributed by atoms with E-state index in [1.807, 2.05) is 6.08 Å². The monoisotopic (exact) mass is 428 g/mol. The Morgan fingerprint density at radius 1 is 1.23 bits per heavy atom. The molecule has 166 valence electrons. The topological polar surface area (TPSA) is 65.7 Å². The Kier molecular flexibility index (Phi) is 4.39. The van der Waals surface area contributed by atoms with Gasteiger partial charge in [-0.3, -0.25) is 9.59 Å². The molecule has 6 heteroatoms. The molecule has 0 aromatic carbocycles. The van der Waals surface area contributed by atoms with Gasteiger partial charge in [-0.2, -0.15) is 0 Å². The third-order valence-electron chi connectivity index (χ3n) is 9.35. The van der Waals surface area contributed by atoms with Gasteiger partial charge in [0.1, 0.15) is 0 Å². The predicted octanol–water partition coefficient (Wildman–Crippen LogP) is 4.72. The van der Waals surface area contributed by atoms with Crippen LogP contribution in [0.5, 0.6) is 0 Å². The molecule has 5 aliphatic rings. The molecule has 1 aromatic rings. The van der Waals surface area contributed by atoms with Gasteiger partial charge in [-0.1, -0.05) is 12.5 Å². The van der Waals surface area contributed by atoms with Crippen molar-refractivity contribution in [1.82, 2.24) is 0 Å². The molecule has 0 amide bonds. The summed E-state index contributed by atoms with van der Waals surface area (Å²) < 4.78 is 32.0. The molecule has 1 saturated heterocycles. The molecular formula is C25H29FO5. The molecule has 1 aromatic heterocycles. The third-order valence-corrected chi connectivity index (χ3v) is 9.35. The summed E-state index contributed by atoms with van der Waals surface area (Å²) in [5.74, 6) is 2.01. The van der Waals surface area contributed by atoms with Crippen molar-refractivity contribution in [3.63, 3.8) is 0 Å². The van der Waals surface area contributed by atoms with E-state index in [1.54, 1.807) is 18.4 Å². The molecule has 3 saturated carbocycles. The summed E-state index contributed by atoms with van der Waals surface area (Å²) in [5.41, 5.74) is -0.387. The molecule has 0 radical (unpaired) electrons. The number of ketones is 2. The number of rotatable bonds is 3. The number of ether oxygens (including phenoxy) is 2. The second kappa shape index (κ2) is 6.85. The molecule has 0 spiro atoms. The molecule has 0 N–H and O–H groups in total. The first kappa shape index (κ1) is 19.9. The third kappa shape index (κ3) is 2.55. The highest BCUT2D eigenvalue weighted by Gasteiger charge is 2.74. The highest BCUT2D eigenvalue weighted by Crippen LogP contribution is 2.69. The van der Waals surface area contributed by atoms with Gasteiger partial charge in [-0.05, 0) is 80.4 Å². The first-order valence-corrected chi connectivity index (χ1v) is 11.7. The van der Waals surface area contributed by atoms with Gasteiger partial charge in [-0.15, -0.1) is 0 Å². The first-order valence-electron chi connectivity index (χ1n) is 11.7. The Balaban J connectivity index is 1.35. The van der Waals surface area contributed by atoms with Crippen LogP contribution < -0.4 is 0 Å². The van der Waals surface area contributed by atoms with E-state index in [9.17, 15) is 14.0 Å². The van der Waals surface area contributed by atoms with Crippen LogP contribution in [-0.4, -0.2) is 29.9 Å². The molecule has 1 aliphatic heterocycles. The second-order valence-electron chi connectivity index (χ2n) is 10.4. The summed E-state index contributed by atoms with van der Waals surface area (Å²) in [6.45, 7) is 1.09. The molecule has 31 heavy (non-hydrogen) atoms. The van der Waals surface area contributed by atoms with Crippen LogP contribution in [0.3, 0.4) is 0 Å². The van der Waals surface area contributed by atoms with E-state index in [0.29, 0.717) is 36.4 Å². The van der Waals surface area contributed by atoms with Gasteiger partial charge in [0.25, 0.3) is 0 Å². The summed E-state index contributed by atoms with van der Waals surface area (Å²) in [6.07, 6.45) is 8.30. The van der Waals surface area contributed by atoms with Crippen LogP contribution >= 0.6 is 0 Å². The number of carbonyl (C=O) groups is 2. The molecule has 0 unspecified atom stereocenters. The van der Waals surface area contributed by atoms with Gasteiger partial charge < -0.3 is 13.9 Å². The van der Waals surface area contributed by atoms with Crippen LogP contribution in [0.25, 0.3) is 0 Å². The van der Waals surface area contributed by atoms with Crippen molar-refractivity contribution in [3.05, 3.63) is 35.8 Å². The molecule has 4 fully saturated rings. The minimum absolute atomic E-state index is 0.253. The molecule has 8 atom stereocenters. The Morgan fingerprint density at radius 3 is 2.87 bits per heavy atom. The molecule has 0 bridgehead atoms. The maximum Gasteiger partial charge on any atom is 0.218 e. The number of fused-ring (bicyclic) bond motifs is 7. The van der Waals surface area contributed by atoms with E-state index >= 15 is 0 Å². The van der Waals surface area contributed by atoms with Crippen LogP contribution in [0, 0.1) is 29.1 Å². The van der Waals surface area contributed by atoms with Gasteiger partial charge in [-0.25, -0.2) is 4.39 Å². The summed E-state index contributed by atoms with van der Waals surface area (Å²) in [4.78, 5) is 25.1. The van der Waals surface area contributed by atoms with E-state index in [2.05, 4.69) is 6.92 Å². The van der Waals surface area contributed by atoms with Crippen molar-refractivity contribution >= 4 is 11.6 Å². The highest BCUT2D eigenvalue weighted by atomic mass is 19.1. The van der Waals surface area contributed by atoms with E-state index in [-0.39, 0.29) is 11.7 Å². The second-order valence-corrected chi connectivity index (χ2v) is 10.4. The smallest absolute Gasteiger partial charge is 0.218 e. The molecule has 2 heterocycles. The first-order chi connectivity index (χ1) is 15.0. The fourth-order valence-corrected chi connectivity index (χ4v) is 8.08. The van der Waals surface area contributed by atoms with Crippen LogP contribution in [0.4, 0.5) is 4.39 Å². The Labute approximate surface area is 181 Å². The van der Waals surface area contributed by atoms with Gasteiger partial charge in [0.2, 0.25) is 6.29 Å². The predicted molar refractivity (Wildman–Crippen MR) is 109 cm³/mol. The maximum absolute atomic E-state index is 13.9. The lowest BCUT2D eigenvalue weighted by molar-refractivity contribution is -0.187. The van der Waals surface area contributed by atoms with Crippen LogP contribution in [0.15, 0.2) is 34.5 Å². The molecular weight excluding hydrogens is 399 g/mol. The Morgan fingerprint density at radius 2 is 2.10 bits per heavy atom. The van der Waals surface area contributed by atoms with E-state index in [0.717, 1.165) is 32.1 Å². The zero-order chi connectivity index (χ0) is 21.4. The van der Waals surface area contributed by atoms with Crippen molar-refractivity contribution in [2.24, 2.45) is 29.1 Å². The average Bonchev–Trinajstić information content (AvgIpc) is 3.47. The number of halogens is 1. The molecule has 6 rings (SSSR count). The average molecular weight is 429 g/mol. The Bertz CT molecular complexity index is 938. The number of carbonyl (C=O) groups excluding carboxylic acids is 2. The summed E-state index contributed by atoms with van der Waals surface area (Å²) >= 11 is 0. The number of hydrogen-bond donors (Lipinski definition) is 0. The zero-order valence-electron chi connectivity index (χ0n) is 17.8. The van der Waals surface area contributed by atoms with Crippen molar-refractivity contribution in [2.45, 2.75) is 69.9 Å². The zero-order valence-corrected chi connectivity index (χ0v) is 17.8. The van der Waals surface area contributed by atoms with Crippen molar-refractivity contribution in [3.8, 4) is 0 Å². The number of hydrogen-bond acceptors (Lipinski definition) is 5. The van der Waals surface area contributed by atoms with Crippen LogP contribution in [0.1, 0.15) is 63.9 Å². The van der Waals surface area contributed by atoms with E-state index < -0.39 is 35.9 Å². The van der Waals surface area contributed by atoms with E-state index in [1.165, 1.54) is 5.57 Å². The SMILES string of the molecule is C[C@]12CC[C@H]3[C@@H](CCC4=CC(=O)CC[C@@H]43)[C@@H]1C[C@H]1O[C@@H](c3ccco3)O[C@]12C(=O)CF. The van der Waals surface area contributed by atoms with Gasteiger partial charge in [0, 0.05) is 11.8 Å². The van der Waals surface area contributed by atoms with Gasteiger partial charge in [0.05, 0.1) is 12.4 Å². The molecule has 5 nitrogen and oxygen atoms in total. The number of allylic oxidation sites excluding steroid dienone is 1. The minimum atomic E-state index is -1.26. The van der Waals surface area contributed by atoms with Crippen molar-refractivity contribution in [1.29, 1.82) is 0 Å².